The average molecular weight is 435 g/mol. The summed E-state index contributed by atoms with van der Waals surface area (Å²) in [5, 5.41) is 5.09. The molecule has 1 aromatic heterocycles. The Kier molecular flexibility index (Phi) is 4.94. The number of halogens is 1. The van der Waals surface area contributed by atoms with Gasteiger partial charge in [-0.2, -0.15) is 0 Å². The number of imidazole rings is 1. The number of aryl methyl sites for hydroxylation is 1. The van der Waals surface area contributed by atoms with E-state index < -0.39 is 5.72 Å². The number of amidine groups is 1. The minimum Gasteiger partial charge on any atom is -0.495 e. The minimum atomic E-state index is -0.564. The topological polar surface area (TPSA) is 51.9 Å². The summed E-state index contributed by atoms with van der Waals surface area (Å²) in [6, 6.07) is 13.9. The summed E-state index contributed by atoms with van der Waals surface area (Å²) in [5.74, 6) is 1.59. The molecule has 0 amide bonds. The van der Waals surface area contributed by atoms with Crippen molar-refractivity contribution in [1.29, 1.82) is 0 Å². The predicted molar refractivity (Wildman–Crippen MR) is 121 cm³/mol. The third kappa shape index (κ3) is 3.47. The molecule has 1 unspecified atom stereocenters. The Bertz CT molecular complexity index is 1190. The molecule has 0 saturated carbocycles. The van der Waals surface area contributed by atoms with Crippen LogP contribution in [0.3, 0.4) is 0 Å². The molecule has 1 fully saturated rings. The van der Waals surface area contributed by atoms with Crippen molar-refractivity contribution in [2.24, 2.45) is 5.16 Å². The molecule has 0 spiro atoms. The Labute approximate surface area is 186 Å². The smallest absolute Gasteiger partial charge is 0.237 e. The van der Waals surface area contributed by atoms with Crippen LogP contribution in [0.2, 0.25) is 5.02 Å². The molecule has 0 radical (unpaired) electrons. The number of hydrogen-bond donors (Lipinski definition) is 0. The third-order valence-corrected chi connectivity index (χ3v) is 6.03. The minimum absolute atomic E-state index is 0.564. The molecular weight excluding hydrogens is 412 g/mol. The van der Waals surface area contributed by atoms with Gasteiger partial charge in [0.05, 0.1) is 24.8 Å². The maximum Gasteiger partial charge on any atom is 0.237 e. The van der Waals surface area contributed by atoms with Crippen molar-refractivity contribution < 1.29 is 9.57 Å². The van der Waals surface area contributed by atoms with E-state index in [4.69, 9.17) is 21.2 Å². The average Bonchev–Trinajstić information content (AvgIpc) is 3.48. The summed E-state index contributed by atoms with van der Waals surface area (Å²) < 4.78 is 7.57. The van der Waals surface area contributed by atoms with E-state index in [1.807, 2.05) is 72.3 Å². The van der Waals surface area contributed by atoms with Gasteiger partial charge in [-0.25, -0.2) is 4.98 Å². The molecule has 2 aliphatic rings. The number of fused-ring (bicyclic) bond motifs is 1. The van der Waals surface area contributed by atoms with E-state index >= 15 is 0 Å². The second-order valence-electron chi connectivity index (χ2n) is 7.78. The van der Waals surface area contributed by atoms with Gasteiger partial charge in [-0.05, 0) is 49.2 Å². The van der Waals surface area contributed by atoms with Gasteiger partial charge in [0, 0.05) is 29.7 Å². The number of hydrogen-bond acceptors (Lipinski definition) is 5. The van der Waals surface area contributed by atoms with Crippen LogP contribution in [0.1, 0.15) is 29.7 Å². The van der Waals surface area contributed by atoms with Crippen molar-refractivity contribution in [2.45, 2.75) is 25.5 Å². The zero-order valence-electron chi connectivity index (χ0n) is 17.5. The van der Waals surface area contributed by atoms with Gasteiger partial charge in [0.15, 0.2) is 5.84 Å². The molecule has 1 saturated heterocycles. The second-order valence-corrected chi connectivity index (χ2v) is 8.21. The van der Waals surface area contributed by atoms with Gasteiger partial charge in [-0.15, -0.1) is 0 Å². The third-order valence-electron chi connectivity index (χ3n) is 5.79. The zero-order valence-corrected chi connectivity index (χ0v) is 18.2. The predicted octanol–water partition coefficient (Wildman–Crippen LogP) is 5.15. The van der Waals surface area contributed by atoms with Crippen molar-refractivity contribution in [2.75, 3.05) is 13.7 Å². The van der Waals surface area contributed by atoms with E-state index in [0.717, 1.165) is 53.5 Å². The normalized spacial score (nSPS) is 20.1. The summed E-state index contributed by atoms with van der Waals surface area (Å²) in [6.07, 6.45) is 9.69. The molecule has 2 aliphatic heterocycles. The summed E-state index contributed by atoms with van der Waals surface area (Å²) in [6.45, 7) is 2.85. The second kappa shape index (κ2) is 7.78. The molecule has 0 aliphatic carbocycles. The SMILES string of the molecule is COc1cc(/C=C/C2=NOC3(c4cccc(Cl)c4)CCCN23)ccc1-n1cnc(C)c1. The van der Waals surface area contributed by atoms with E-state index in [1.54, 1.807) is 13.4 Å². The Balaban J connectivity index is 1.40. The lowest BCUT2D eigenvalue weighted by Gasteiger charge is -2.30. The van der Waals surface area contributed by atoms with Gasteiger partial charge < -0.3 is 19.0 Å². The zero-order chi connectivity index (χ0) is 21.4. The van der Waals surface area contributed by atoms with Crippen LogP contribution >= 0.6 is 11.6 Å². The van der Waals surface area contributed by atoms with Crippen LogP contribution in [0, 0.1) is 6.92 Å². The maximum atomic E-state index is 6.23. The van der Waals surface area contributed by atoms with Gasteiger partial charge in [0.2, 0.25) is 5.72 Å². The molecule has 0 bridgehead atoms. The van der Waals surface area contributed by atoms with Crippen molar-refractivity contribution in [3.63, 3.8) is 0 Å². The van der Waals surface area contributed by atoms with Crippen molar-refractivity contribution in [1.82, 2.24) is 14.5 Å². The molecular formula is C24H23ClN4O2. The van der Waals surface area contributed by atoms with Crippen LogP contribution in [0.4, 0.5) is 0 Å². The maximum absolute atomic E-state index is 6.23. The van der Waals surface area contributed by atoms with Crippen LogP contribution in [0.5, 0.6) is 5.75 Å². The molecule has 3 aromatic rings. The lowest BCUT2D eigenvalue weighted by Crippen LogP contribution is -2.40. The lowest BCUT2D eigenvalue weighted by atomic mass is 10.00. The van der Waals surface area contributed by atoms with E-state index in [0.29, 0.717) is 5.02 Å². The molecule has 0 N–H and O–H groups in total. The Morgan fingerprint density at radius 1 is 1.19 bits per heavy atom. The fourth-order valence-electron chi connectivity index (χ4n) is 4.30. The van der Waals surface area contributed by atoms with E-state index in [9.17, 15) is 0 Å². The first-order chi connectivity index (χ1) is 15.1. The number of rotatable bonds is 5. The summed E-state index contributed by atoms with van der Waals surface area (Å²) in [7, 11) is 1.68. The monoisotopic (exact) mass is 434 g/mol. The first kappa shape index (κ1) is 19.7. The lowest BCUT2D eigenvalue weighted by molar-refractivity contribution is -0.0847. The number of aromatic nitrogens is 2. The molecule has 6 nitrogen and oxygen atoms in total. The highest BCUT2D eigenvalue weighted by atomic mass is 35.5. The number of benzene rings is 2. The number of nitrogens with zero attached hydrogens (tertiary/aromatic N) is 4. The molecule has 7 heteroatoms. The first-order valence-electron chi connectivity index (χ1n) is 10.3. The first-order valence-corrected chi connectivity index (χ1v) is 10.6. The van der Waals surface area contributed by atoms with E-state index in [1.165, 1.54) is 0 Å². The Hall–Kier alpha value is -3.25. The van der Waals surface area contributed by atoms with Gasteiger partial charge in [-0.3, -0.25) is 0 Å². The molecule has 158 valence electrons. The van der Waals surface area contributed by atoms with Crippen molar-refractivity contribution in [3.8, 4) is 11.4 Å². The van der Waals surface area contributed by atoms with Crippen LogP contribution in [0.15, 0.2) is 66.2 Å². The van der Waals surface area contributed by atoms with Gasteiger partial charge in [0.1, 0.15) is 5.75 Å². The number of oxime groups is 1. The van der Waals surface area contributed by atoms with E-state index in [-0.39, 0.29) is 0 Å². The molecule has 2 aromatic carbocycles. The summed E-state index contributed by atoms with van der Waals surface area (Å²) in [5.41, 5.74) is 3.39. The standard InChI is InChI=1S/C24H23ClN4O2/c1-17-15-28(16-26-17)21-9-7-18(13-22(21)30-2)8-10-23-27-31-24(11-4-12-29(23)24)19-5-3-6-20(25)14-19/h3,5-10,13-16H,4,11-12H2,1-2H3/b10-8+. The molecule has 3 heterocycles. The Morgan fingerprint density at radius 3 is 2.87 bits per heavy atom. The van der Waals surface area contributed by atoms with E-state index in [2.05, 4.69) is 15.0 Å². The Morgan fingerprint density at radius 2 is 2.10 bits per heavy atom. The van der Waals surface area contributed by atoms with Gasteiger partial charge >= 0.3 is 0 Å². The van der Waals surface area contributed by atoms with Gasteiger partial charge in [-0.1, -0.05) is 41.0 Å². The molecule has 31 heavy (non-hydrogen) atoms. The van der Waals surface area contributed by atoms with Crippen molar-refractivity contribution >= 4 is 23.5 Å². The van der Waals surface area contributed by atoms with Crippen LogP contribution < -0.4 is 4.74 Å². The molecule has 1 atom stereocenters. The van der Waals surface area contributed by atoms with Crippen LogP contribution in [-0.2, 0) is 10.6 Å². The highest BCUT2D eigenvalue weighted by molar-refractivity contribution is 6.30. The number of methoxy groups -OCH3 is 1. The quantitative estimate of drug-likeness (QED) is 0.557. The highest BCUT2D eigenvalue weighted by Gasteiger charge is 2.50. The van der Waals surface area contributed by atoms with Crippen molar-refractivity contribution in [3.05, 3.63) is 82.9 Å². The fraction of sp³-hybridized carbons (Fsp3) is 0.250. The molecule has 5 rings (SSSR count). The van der Waals surface area contributed by atoms with Crippen LogP contribution in [0.25, 0.3) is 11.8 Å². The van der Waals surface area contributed by atoms with Gasteiger partial charge in [0.25, 0.3) is 0 Å². The summed E-state index contributed by atoms with van der Waals surface area (Å²) in [4.78, 5) is 12.5. The number of ether oxygens (including phenoxy) is 1. The largest absolute Gasteiger partial charge is 0.495 e. The fourth-order valence-corrected chi connectivity index (χ4v) is 4.49. The summed E-state index contributed by atoms with van der Waals surface area (Å²) >= 11 is 6.23. The van der Waals surface area contributed by atoms with Crippen LogP contribution in [-0.4, -0.2) is 33.9 Å². The highest BCUT2D eigenvalue weighted by Crippen LogP contribution is 2.44.